The first kappa shape index (κ1) is 13.0. The summed E-state index contributed by atoms with van der Waals surface area (Å²) in [4.78, 5) is 0. The lowest BCUT2D eigenvalue weighted by molar-refractivity contribution is -0.0201. The number of benzene rings is 1. The third-order valence-electron chi connectivity index (χ3n) is 4.68. The van der Waals surface area contributed by atoms with E-state index in [1.54, 1.807) is 0 Å². The highest BCUT2D eigenvalue weighted by molar-refractivity contribution is 5.21. The van der Waals surface area contributed by atoms with Crippen molar-refractivity contribution in [3.8, 4) is 0 Å². The zero-order valence-electron chi connectivity index (χ0n) is 11.0. The molecular weight excluding hydrogens is 246 g/mol. The van der Waals surface area contributed by atoms with Crippen molar-refractivity contribution in [3.05, 3.63) is 35.4 Å². The summed E-state index contributed by atoms with van der Waals surface area (Å²) in [7, 11) is 0. The second kappa shape index (κ2) is 4.86. The van der Waals surface area contributed by atoms with E-state index >= 15 is 0 Å². The zero-order chi connectivity index (χ0) is 13.5. The Kier molecular flexibility index (Phi) is 3.34. The van der Waals surface area contributed by atoms with Gasteiger partial charge < -0.3 is 5.11 Å². The molecule has 104 valence electrons. The second-order valence-corrected chi connectivity index (χ2v) is 6.33. The number of halogens is 2. The molecule has 19 heavy (non-hydrogen) atoms. The predicted molar refractivity (Wildman–Crippen MR) is 69.7 cm³/mol. The molecule has 1 aromatic carbocycles. The average Bonchev–Trinajstić information content (AvgIpc) is 3.17. The van der Waals surface area contributed by atoms with Gasteiger partial charge in [0, 0.05) is 12.5 Å². The van der Waals surface area contributed by atoms with Gasteiger partial charge in [-0.2, -0.15) is 0 Å². The first-order valence-corrected chi connectivity index (χ1v) is 7.22. The van der Waals surface area contributed by atoms with Gasteiger partial charge >= 0.3 is 0 Å². The molecule has 3 heteroatoms. The first-order chi connectivity index (χ1) is 9.06. The third-order valence-corrected chi connectivity index (χ3v) is 4.68. The molecule has 0 heterocycles. The molecule has 2 atom stereocenters. The molecule has 0 aromatic heterocycles. The molecule has 2 aliphatic rings. The zero-order valence-corrected chi connectivity index (χ0v) is 11.0. The Bertz CT molecular complexity index is 470. The highest BCUT2D eigenvalue weighted by Crippen LogP contribution is 2.47. The largest absolute Gasteiger partial charge is 0.390 e. The van der Waals surface area contributed by atoms with E-state index in [9.17, 15) is 13.9 Å². The van der Waals surface area contributed by atoms with Gasteiger partial charge in [0.05, 0.1) is 5.60 Å². The van der Waals surface area contributed by atoms with Gasteiger partial charge in [-0.1, -0.05) is 12.5 Å². The van der Waals surface area contributed by atoms with Gasteiger partial charge in [-0.15, -0.1) is 0 Å². The SMILES string of the molecule is OC1(Cc2ccc(F)cc2F)CCCC(C2CC2)C1. The fraction of sp³-hybridized carbons (Fsp3) is 0.625. The van der Waals surface area contributed by atoms with Crippen molar-refractivity contribution in [1.29, 1.82) is 0 Å². The van der Waals surface area contributed by atoms with Crippen LogP contribution in [0.5, 0.6) is 0 Å². The summed E-state index contributed by atoms with van der Waals surface area (Å²) < 4.78 is 26.6. The summed E-state index contributed by atoms with van der Waals surface area (Å²) in [6.45, 7) is 0. The van der Waals surface area contributed by atoms with Crippen molar-refractivity contribution in [2.75, 3.05) is 0 Å². The van der Waals surface area contributed by atoms with Crippen LogP contribution in [0.1, 0.15) is 44.1 Å². The van der Waals surface area contributed by atoms with Gasteiger partial charge in [-0.25, -0.2) is 8.78 Å². The van der Waals surface area contributed by atoms with Crippen LogP contribution in [0.2, 0.25) is 0 Å². The Hall–Kier alpha value is -0.960. The standard InChI is InChI=1S/C16H20F2O/c17-14-6-5-13(15(18)8-14)10-16(19)7-1-2-12(9-16)11-3-4-11/h5-6,8,11-12,19H,1-4,7,9-10H2. The first-order valence-electron chi connectivity index (χ1n) is 7.22. The monoisotopic (exact) mass is 266 g/mol. The van der Waals surface area contributed by atoms with E-state index in [2.05, 4.69) is 0 Å². The lowest BCUT2D eigenvalue weighted by atomic mass is 9.73. The quantitative estimate of drug-likeness (QED) is 0.881. The minimum absolute atomic E-state index is 0.308. The van der Waals surface area contributed by atoms with Crippen molar-refractivity contribution in [1.82, 2.24) is 0 Å². The molecule has 1 nitrogen and oxygen atoms in total. The molecule has 2 unspecified atom stereocenters. The maximum absolute atomic E-state index is 13.7. The molecule has 1 aromatic rings. The van der Waals surface area contributed by atoms with E-state index < -0.39 is 17.2 Å². The Balaban J connectivity index is 1.73. The van der Waals surface area contributed by atoms with Crippen LogP contribution in [0.15, 0.2) is 18.2 Å². The van der Waals surface area contributed by atoms with Crippen LogP contribution in [0.3, 0.4) is 0 Å². The lowest BCUT2D eigenvalue weighted by Crippen LogP contribution is -2.38. The maximum atomic E-state index is 13.7. The van der Waals surface area contributed by atoms with E-state index in [-0.39, 0.29) is 0 Å². The summed E-state index contributed by atoms with van der Waals surface area (Å²) in [5.41, 5.74) is -0.371. The van der Waals surface area contributed by atoms with Gasteiger partial charge in [-0.3, -0.25) is 0 Å². The minimum atomic E-state index is -0.801. The molecule has 2 saturated carbocycles. The van der Waals surface area contributed by atoms with Crippen molar-refractivity contribution in [2.24, 2.45) is 11.8 Å². The normalized spacial score (nSPS) is 31.4. The molecule has 0 amide bonds. The van der Waals surface area contributed by atoms with Crippen LogP contribution in [0.4, 0.5) is 8.78 Å². The molecule has 0 radical (unpaired) electrons. The van der Waals surface area contributed by atoms with Crippen LogP contribution < -0.4 is 0 Å². The van der Waals surface area contributed by atoms with Gasteiger partial charge in [0.15, 0.2) is 0 Å². The molecule has 2 aliphatic carbocycles. The Morgan fingerprint density at radius 3 is 2.63 bits per heavy atom. The maximum Gasteiger partial charge on any atom is 0.129 e. The van der Waals surface area contributed by atoms with E-state index in [0.717, 1.165) is 31.2 Å². The third kappa shape index (κ3) is 2.97. The van der Waals surface area contributed by atoms with Crippen LogP contribution in [0, 0.1) is 23.5 Å². The Morgan fingerprint density at radius 2 is 1.95 bits per heavy atom. The number of hydrogen-bond donors (Lipinski definition) is 1. The van der Waals surface area contributed by atoms with Crippen LogP contribution in [-0.2, 0) is 6.42 Å². The number of aliphatic hydroxyl groups is 1. The van der Waals surface area contributed by atoms with E-state index in [0.29, 0.717) is 17.9 Å². The van der Waals surface area contributed by atoms with Gasteiger partial charge in [0.2, 0.25) is 0 Å². The topological polar surface area (TPSA) is 20.2 Å². The van der Waals surface area contributed by atoms with Gasteiger partial charge in [-0.05, 0) is 55.6 Å². The summed E-state index contributed by atoms with van der Waals surface area (Å²) in [5, 5.41) is 10.7. The molecule has 2 fully saturated rings. The van der Waals surface area contributed by atoms with E-state index in [4.69, 9.17) is 0 Å². The van der Waals surface area contributed by atoms with Crippen LogP contribution in [-0.4, -0.2) is 10.7 Å². The summed E-state index contributed by atoms with van der Waals surface area (Å²) in [6, 6.07) is 3.63. The highest BCUT2D eigenvalue weighted by atomic mass is 19.1. The molecular formula is C16H20F2O. The molecule has 0 aliphatic heterocycles. The number of rotatable bonds is 3. The van der Waals surface area contributed by atoms with E-state index in [1.165, 1.54) is 31.4 Å². The van der Waals surface area contributed by atoms with E-state index in [1.807, 2.05) is 0 Å². The van der Waals surface area contributed by atoms with Crippen molar-refractivity contribution >= 4 is 0 Å². The summed E-state index contributed by atoms with van der Waals surface area (Å²) in [6.07, 6.45) is 6.58. The summed E-state index contributed by atoms with van der Waals surface area (Å²) in [5.74, 6) is 0.280. The van der Waals surface area contributed by atoms with Crippen LogP contribution in [0.25, 0.3) is 0 Å². The van der Waals surface area contributed by atoms with Crippen molar-refractivity contribution in [2.45, 2.75) is 50.5 Å². The molecule has 1 N–H and O–H groups in total. The lowest BCUT2D eigenvalue weighted by Gasteiger charge is -2.37. The molecule has 3 rings (SSSR count). The highest BCUT2D eigenvalue weighted by Gasteiger charge is 2.41. The van der Waals surface area contributed by atoms with Gasteiger partial charge in [0.25, 0.3) is 0 Å². The predicted octanol–water partition coefficient (Wildman–Crippen LogP) is 3.84. The average molecular weight is 266 g/mol. The molecule has 0 saturated heterocycles. The fourth-order valence-corrected chi connectivity index (χ4v) is 3.54. The second-order valence-electron chi connectivity index (χ2n) is 6.33. The smallest absolute Gasteiger partial charge is 0.129 e. The van der Waals surface area contributed by atoms with Gasteiger partial charge in [0.1, 0.15) is 11.6 Å². The number of hydrogen-bond acceptors (Lipinski definition) is 1. The van der Waals surface area contributed by atoms with Crippen LogP contribution >= 0.6 is 0 Å². The Morgan fingerprint density at radius 1 is 1.16 bits per heavy atom. The van der Waals surface area contributed by atoms with Crippen molar-refractivity contribution < 1.29 is 13.9 Å². The molecule has 0 spiro atoms. The minimum Gasteiger partial charge on any atom is -0.390 e. The summed E-state index contributed by atoms with van der Waals surface area (Å²) >= 11 is 0. The molecule has 0 bridgehead atoms. The van der Waals surface area contributed by atoms with Crippen molar-refractivity contribution in [3.63, 3.8) is 0 Å². The fourth-order valence-electron chi connectivity index (χ4n) is 3.54. The Labute approximate surface area is 112 Å².